The van der Waals surface area contributed by atoms with Gasteiger partial charge in [-0.15, -0.1) is 5.06 Å². The van der Waals surface area contributed by atoms with E-state index in [9.17, 15) is 28.8 Å². The van der Waals surface area contributed by atoms with Crippen molar-refractivity contribution in [2.75, 3.05) is 19.7 Å². The molecule has 11 heteroatoms. The molecule has 2 aliphatic heterocycles. The summed E-state index contributed by atoms with van der Waals surface area (Å²) in [5, 5.41) is 3.15. The van der Waals surface area contributed by atoms with Crippen molar-refractivity contribution in [3.63, 3.8) is 0 Å². The summed E-state index contributed by atoms with van der Waals surface area (Å²) in [6.07, 6.45) is 2.50. The Balaban J connectivity index is 1.52. The summed E-state index contributed by atoms with van der Waals surface area (Å²) in [5.74, 6) is -2.97. The smallest absolute Gasteiger partial charge is 0.335 e. The van der Waals surface area contributed by atoms with Gasteiger partial charge in [0, 0.05) is 44.5 Å². The number of hydrogen-bond donors (Lipinski definition) is 1. The van der Waals surface area contributed by atoms with Crippen molar-refractivity contribution in [3.8, 4) is 0 Å². The van der Waals surface area contributed by atoms with Gasteiger partial charge in [-0.05, 0) is 13.3 Å². The van der Waals surface area contributed by atoms with Crippen molar-refractivity contribution in [1.82, 2.24) is 15.3 Å². The fraction of sp³-hybridized carbons (Fsp3) is 0.556. The highest BCUT2D eigenvalue weighted by atomic mass is 16.7. The maximum absolute atomic E-state index is 11.8. The van der Waals surface area contributed by atoms with Crippen molar-refractivity contribution in [2.45, 2.75) is 45.1 Å². The summed E-state index contributed by atoms with van der Waals surface area (Å²) in [6.45, 7) is 2.14. The minimum atomic E-state index is -0.741. The molecule has 1 saturated heterocycles. The molecule has 0 aromatic carbocycles. The van der Waals surface area contributed by atoms with Crippen LogP contribution in [0.5, 0.6) is 0 Å². The quantitative estimate of drug-likeness (QED) is 0.438. The molecule has 1 N–H and O–H groups in total. The van der Waals surface area contributed by atoms with Gasteiger partial charge in [-0.2, -0.15) is 0 Å². The third kappa shape index (κ3) is 6.79. The van der Waals surface area contributed by atoms with Gasteiger partial charge in [0.2, 0.25) is 5.91 Å². The van der Waals surface area contributed by atoms with Gasteiger partial charge in [-0.1, -0.05) is 0 Å². The number of rotatable bonds is 11. The van der Waals surface area contributed by atoms with E-state index in [2.05, 4.69) is 5.32 Å². The molecule has 1 fully saturated rings. The first kappa shape index (κ1) is 22.2. The molecule has 2 rings (SSSR count). The first-order chi connectivity index (χ1) is 13.8. The van der Waals surface area contributed by atoms with Crippen LogP contribution in [0.15, 0.2) is 12.2 Å². The van der Waals surface area contributed by atoms with Gasteiger partial charge in [0.1, 0.15) is 0 Å². The van der Waals surface area contributed by atoms with E-state index in [1.807, 2.05) is 0 Å². The molecule has 0 radical (unpaired) electrons. The Bertz CT molecular complexity index is 699. The summed E-state index contributed by atoms with van der Waals surface area (Å²) < 4.78 is 5.44. The minimum Gasteiger partial charge on any atom is -0.378 e. The topological polar surface area (TPSA) is 139 Å². The molecule has 0 aromatic rings. The molecule has 0 spiro atoms. The molecule has 158 valence electrons. The summed E-state index contributed by atoms with van der Waals surface area (Å²) >= 11 is 0. The van der Waals surface area contributed by atoms with E-state index < -0.39 is 29.6 Å². The summed E-state index contributed by atoms with van der Waals surface area (Å²) in [4.78, 5) is 74.6. The lowest BCUT2D eigenvalue weighted by molar-refractivity contribution is -0.198. The van der Waals surface area contributed by atoms with Gasteiger partial charge in [0.15, 0.2) is 0 Å². The lowest BCUT2D eigenvalue weighted by Gasteiger charge is -2.16. The zero-order valence-corrected chi connectivity index (χ0v) is 16.0. The van der Waals surface area contributed by atoms with Crippen LogP contribution in [-0.4, -0.2) is 71.3 Å². The summed E-state index contributed by atoms with van der Waals surface area (Å²) in [6, 6.07) is 0. The van der Waals surface area contributed by atoms with E-state index in [1.165, 1.54) is 0 Å². The van der Waals surface area contributed by atoms with Gasteiger partial charge >= 0.3 is 5.97 Å². The Morgan fingerprint density at radius 3 is 2.31 bits per heavy atom. The molecule has 2 heterocycles. The van der Waals surface area contributed by atoms with Crippen LogP contribution in [0, 0.1) is 0 Å². The SMILES string of the molecule is CC(CCNC(=O)CCN1C(=O)C=CC1=O)OCCC(=O)ON1C(=O)CCC1=O. The largest absolute Gasteiger partial charge is 0.378 e. The number of ether oxygens (including phenoxy) is 1. The van der Waals surface area contributed by atoms with Gasteiger partial charge in [-0.3, -0.25) is 28.9 Å². The Labute approximate surface area is 166 Å². The summed E-state index contributed by atoms with van der Waals surface area (Å²) in [7, 11) is 0. The standard InChI is InChI=1S/C18H23N3O8/c1-12(28-11-8-18(27)29-21-16(25)4-5-17(21)26)6-9-19-13(22)7-10-20-14(23)2-3-15(20)24/h2-3,12H,4-11H2,1H3,(H,19,22). The zero-order valence-electron chi connectivity index (χ0n) is 16.0. The van der Waals surface area contributed by atoms with Crippen LogP contribution in [0.2, 0.25) is 0 Å². The van der Waals surface area contributed by atoms with Gasteiger partial charge in [0.25, 0.3) is 23.6 Å². The van der Waals surface area contributed by atoms with Crippen molar-refractivity contribution in [2.24, 2.45) is 0 Å². The Morgan fingerprint density at radius 1 is 1.07 bits per heavy atom. The highest BCUT2D eigenvalue weighted by Gasteiger charge is 2.32. The zero-order chi connectivity index (χ0) is 21.4. The number of carbonyl (C=O) groups excluding carboxylic acids is 6. The number of carbonyl (C=O) groups is 6. The van der Waals surface area contributed by atoms with Gasteiger partial charge in [-0.25, -0.2) is 4.79 Å². The molecule has 5 amide bonds. The molecule has 1 atom stereocenters. The lowest BCUT2D eigenvalue weighted by Crippen LogP contribution is -2.35. The first-order valence-corrected chi connectivity index (χ1v) is 9.26. The van der Waals surface area contributed by atoms with Crippen LogP contribution in [0.1, 0.15) is 39.0 Å². The van der Waals surface area contributed by atoms with E-state index in [1.54, 1.807) is 6.92 Å². The molecule has 11 nitrogen and oxygen atoms in total. The average molecular weight is 409 g/mol. The molecule has 0 saturated carbocycles. The number of imide groups is 2. The van der Waals surface area contributed by atoms with Gasteiger partial charge < -0.3 is 14.9 Å². The number of amides is 5. The van der Waals surface area contributed by atoms with E-state index in [4.69, 9.17) is 9.57 Å². The molecule has 29 heavy (non-hydrogen) atoms. The van der Waals surface area contributed by atoms with Crippen molar-refractivity contribution < 1.29 is 38.3 Å². The average Bonchev–Trinajstić information content (AvgIpc) is 3.15. The van der Waals surface area contributed by atoms with Crippen molar-refractivity contribution in [3.05, 3.63) is 12.2 Å². The van der Waals surface area contributed by atoms with Crippen LogP contribution >= 0.6 is 0 Å². The molecule has 0 aromatic heterocycles. The van der Waals surface area contributed by atoms with Crippen LogP contribution in [0.4, 0.5) is 0 Å². The predicted molar refractivity (Wildman–Crippen MR) is 95.3 cm³/mol. The predicted octanol–water partition coefficient (Wildman–Crippen LogP) is -0.790. The van der Waals surface area contributed by atoms with Crippen LogP contribution in [0.25, 0.3) is 0 Å². The molecule has 1 unspecified atom stereocenters. The maximum atomic E-state index is 11.8. The lowest BCUT2D eigenvalue weighted by atomic mass is 10.2. The third-order valence-corrected chi connectivity index (χ3v) is 4.24. The number of hydrogen-bond acceptors (Lipinski definition) is 8. The molecule has 0 aliphatic carbocycles. The van der Waals surface area contributed by atoms with E-state index in [0.29, 0.717) is 18.0 Å². The Hall–Kier alpha value is -3.08. The van der Waals surface area contributed by atoms with Crippen molar-refractivity contribution in [1.29, 1.82) is 0 Å². The Morgan fingerprint density at radius 2 is 1.69 bits per heavy atom. The normalized spacial score (nSPS) is 17.3. The number of nitrogens with zero attached hydrogens (tertiary/aromatic N) is 2. The Kier molecular flexibility index (Phi) is 8.01. The highest BCUT2D eigenvalue weighted by molar-refractivity contribution is 6.13. The van der Waals surface area contributed by atoms with Crippen LogP contribution < -0.4 is 5.32 Å². The fourth-order valence-electron chi connectivity index (χ4n) is 2.60. The fourth-order valence-corrected chi connectivity index (χ4v) is 2.60. The second-order valence-electron chi connectivity index (χ2n) is 6.53. The van der Waals surface area contributed by atoms with E-state index in [-0.39, 0.29) is 50.8 Å². The third-order valence-electron chi connectivity index (χ3n) is 4.24. The number of nitrogens with one attached hydrogen (secondary N) is 1. The minimum absolute atomic E-state index is 0.00811. The highest BCUT2D eigenvalue weighted by Crippen LogP contribution is 2.12. The first-order valence-electron chi connectivity index (χ1n) is 9.26. The second-order valence-corrected chi connectivity index (χ2v) is 6.53. The molecule has 2 aliphatic rings. The molecular weight excluding hydrogens is 386 g/mol. The maximum Gasteiger partial charge on any atom is 0.335 e. The second kappa shape index (κ2) is 10.5. The summed E-state index contributed by atoms with van der Waals surface area (Å²) in [5.41, 5.74) is 0. The monoisotopic (exact) mass is 409 g/mol. The van der Waals surface area contributed by atoms with E-state index in [0.717, 1.165) is 17.1 Å². The van der Waals surface area contributed by atoms with Crippen LogP contribution in [0.3, 0.4) is 0 Å². The number of hydroxylamine groups is 2. The molecular formula is C18H23N3O8. The van der Waals surface area contributed by atoms with Crippen LogP contribution in [-0.2, 0) is 38.3 Å². The molecule has 0 bridgehead atoms. The van der Waals surface area contributed by atoms with Crippen molar-refractivity contribution >= 4 is 35.5 Å². The van der Waals surface area contributed by atoms with E-state index >= 15 is 0 Å². The van der Waals surface area contributed by atoms with Gasteiger partial charge in [0.05, 0.1) is 19.1 Å².